The van der Waals surface area contributed by atoms with Gasteiger partial charge < -0.3 is 4.57 Å². The van der Waals surface area contributed by atoms with E-state index < -0.39 is 0 Å². The van der Waals surface area contributed by atoms with Crippen molar-refractivity contribution >= 4 is 43.9 Å². The van der Waals surface area contributed by atoms with Crippen LogP contribution >= 0.6 is 11.3 Å². The second-order valence-electron chi connectivity index (χ2n) is 5.47. The number of hydrogen-bond donors (Lipinski definition) is 1. The van der Waals surface area contributed by atoms with Crippen LogP contribution in [-0.2, 0) is 6.54 Å². The summed E-state index contributed by atoms with van der Waals surface area (Å²) in [4.78, 5) is 9.17. The van der Waals surface area contributed by atoms with Crippen LogP contribution in [0.5, 0.6) is 0 Å². The second kappa shape index (κ2) is 6.41. The molecular weight excluding hydrogens is 318 g/mol. The van der Waals surface area contributed by atoms with Gasteiger partial charge in [0.1, 0.15) is 0 Å². The van der Waals surface area contributed by atoms with Gasteiger partial charge in [0.2, 0.25) is 5.13 Å². The number of aryl methyl sites for hydroxylation is 1. The van der Waals surface area contributed by atoms with Crippen LogP contribution in [-0.4, -0.2) is 20.7 Å². The molecular formula is C18H17N5S. The lowest BCUT2D eigenvalue weighted by molar-refractivity contribution is 0.693. The van der Waals surface area contributed by atoms with Crippen LogP contribution < -0.4 is 5.43 Å². The third-order valence-corrected chi connectivity index (χ3v) is 4.71. The highest BCUT2D eigenvalue weighted by Crippen LogP contribution is 2.25. The second-order valence-corrected chi connectivity index (χ2v) is 6.50. The minimum absolute atomic E-state index is 0.783. The summed E-state index contributed by atoms with van der Waals surface area (Å²) in [6, 6.07) is 16.2. The number of hydrazone groups is 1. The Morgan fingerprint density at radius 1 is 1.08 bits per heavy atom. The van der Waals surface area contributed by atoms with Crippen molar-refractivity contribution in [1.29, 1.82) is 0 Å². The Hall–Kier alpha value is -2.73. The first-order valence-corrected chi connectivity index (χ1v) is 8.76. The van der Waals surface area contributed by atoms with E-state index in [-0.39, 0.29) is 0 Å². The van der Waals surface area contributed by atoms with Gasteiger partial charge in [-0.05, 0) is 30.7 Å². The number of nitrogens with one attached hydrogen (secondary N) is 1. The lowest BCUT2D eigenvalue weighted by Gasteiger charge is -2.03. The molecule has 0 amide bonds. The monoisotopic (exact) mass is 335 g/mol. The molecule has 0 aliphatic heterocycles. The van der Waals surface area contributed by atoms with E-state index in [9.17, 15) is 0 Å². The Bertz CT molecular complexity index is 982. The molecule has 5 nitrogen and oxygen atoms in total. The van der Waals surface area contributed by atoms with Gasteiger partial charge in [0.05, 0.1) is 27.5 Å². The minimum Gasteiger partial charge on any atom is -0.323 e. The van der Waals surface area contributed by atoms with Crippen LogP contribution in [0.25, 0.3) is 21.3 Å². The van der Waals surface area contributed by atoms with Crippen molar-refractivity contribution in [3.8, 4) is 0 Å². The molecule has 0 spiro atoms. The molecule has 1 N–H and O–H groups in total. The zero-order chi connectivity index (χ0) is 16.4. The van der Waals surface area contributed by atoms with E-state index in [1.807, 2.05) is 36.4 Å². The molecule has 4 aromatic rings. The van der Waals surface area contributed by atoms with Crippen LogP contribution in [0.2, 0.25) is 0 Å². The van der Waals surface area contributed by atoms with Crippen molar-refractivity contribution in [3.05, 3.63) is 54.4 Å². The fraction of sp³-hybridized carbons (Fsp3) is 0.167. The van der Waals surface area contributed by atoms with Crippen LogP contribution in [0.1, 0.15) is 19.2 Å². The lowest BCUT2D eigenvalue weighted by Crippen LogP contribution is -2.03. The van der Waals surface area contributed by atoms with Gasteiger partial charge in [-0.2, -0.15) is 5.10 Å². The Balaban J connectivity index is 1.61. The van der Waals surface area contributed by atoms with Crippen LogP contribution in [0.4, 0.5) is 5.13 Å². The zero-order valence-corrected chi connectivity index (χ0v) is 14.1. The largest absolute Gasteiger partial charge is 0.323 e. The maximum absolute atomic E-state index is 4.66. The molecule has 2 heterocycles. The van der Waals surface area contributed by atoms with E-state index >= 15 is 0 Å². The standard InChI is InChI=1S/C18H17N5S/c1-2-11-23-15-9-5-3-7-13(15)20-17(23)12-19-22-18-21-14-8-4-6-10-16(14)24-18/h3-10,12H,2,11H2,1H3,(H,21,22)/b19-12-. The Labute approximate surface area is 143 Å². The first-order valence-electron chi connectivity index (χ1n) is 7.95. The summed E-state index contributed by atoms with van der Waals surface area (Å²) >= 11 is 1.59. The van der Waals surface area contributed by atoms with Gasteiger partial charge in [0.15, 0.2) is 5.82 Å². The fourth-order valence-corrected chi connectivity index (χ4v) is 3.53. The van der Waals surface area contributed by atoms with Crippen molar-refractivity contribution in [2.75, 3.05) is 5.43 Å². The summed E-state index contributed by atoms with van der Waals surface area (Å²) in [5.41, 5.74) is 6.14. The van der Waals surface area contributed by atoms with Crippen molar-refractivity contribution in [2.45, 2.75) is 19.9 Å². The molecule has 0 radical (unpaired) electrons. The topological polar surface area (TPSA) is 55.1 Å². The van der Waals surface area contributed by atoms with E-state index in [1.165, 1.54) is 0 Å². The molecule has 0 unspecified atom stereocenters. The van der Waals surface area contributed by atoms with Gasteiger partial charge in [-0.3, -0.25) is 5.43 Å². The van der Waals surface area contributed by atoms with E-state index in [0.29, 0.717) is 0 Å². The number of anilines is 1. The Morgan fingerprint density at radius 2 is 1.88 bits per heavy atom. The quantitative estimate of drug-likeness (QED) is 0.431. The van der Waals surface area contributed by atoms with Gasteiger partial charge in [-0.1, -0.05) is 42.5 Å². The number of fused-ring (bicyclic) bond motifs is 2. The summed E-state index contributed by atoms with van der Waals surface area (Å²) in [5.74, 6) is 0.853. The normalized spacial score (nSPS) is 11.7. The van der Waals surface area contributed by atoms with E-state index in [4.69, 9.17) is 0 Å². The van der Waals surface area contributed by atoms with Crippen molar-refractivity contribution in [2.24, 2.45) is 5.10 Å². The van der Waals surface area contributed by atoms with Crippen molar-refractivity contribution in [1.82, 2.24) is 14.5 Å². The molecule has 0 aliphatic rings. The Morgan fingerprint density at radius 3 is 2.71 bits per heavy atom. The number of para-hydroxylation sites is 3. The van der Waals surface area contributed by atoms with E-state index in [1.54, 1.807) is 17.6 Å². The van der Waals surface area contributed by atoms with Gasteiger partial charge in [-0.15, -0.1) is 0 Å². The average molecular weight is 335 g/mol. The SMILES string of the molecule is CCCn1c(/C=N\Nc2nc3ccccc3s2)nc2ccccc21. The number of aromatic nitrogens is 3. The van der Waals surface area contributed by atoms with Gasteiger partial charge in [0, 0.05) is 6.54 Å². The molecule has 0 aliphatic carbocycles. The first-order chi connectivity index (χ1) is 11.8. The molecule has 0 fully saturated rings. The maximum atomic E-state index is 4.66. The predicted octanol–water partition coefficient (Wildman–Crippen LogP) is 4.50. The predicted molar refractivity (Wildman–Crippen MR) is 101 cm³/mol. The number of thiazole rings is 1. The number of hydrogen-bond acceptors (Lipinski definition) is 5. The van der Waals surface area contributed by atoms with E-state index in [2.05, 4.69) is 44.1 Å². The average Bonchev–Trinajstić information content (AvgIpc) is 3.17. The molecule has 6 heteroatoms. The van der Waals surface area contributed by atoms with Crippen LogP contribution in [0.3, 0.4) is 0 Å². The molecule has 0 bridgehead atoms. The number of nitrogens with zero attached hydrogens (tertiary/aromatic N) is 4. The van der Waals surface area contributed by atoms with Gasteiger partial charge in [0.25, 0.3) is 0 Å². The molecule has 24 heavy (non-hydrogen) atoms. The first kappa shape index (κ1) is 14.8. The van der Waals surface area contributed by atoms with Crippen LogP contribution in [0.15, 0.2) is 53.6 Å². The summed E-state index contributed by atoms with van der Waals surface area (Å²) < 4.78 is 3.34. The van der Waals surface area contributed by atoms with Crippen molar-refractivity contribution < 1.29 is 0 Å². The summed E-state index contributed by atoms with van der Waals surface area (Å²) in [7, 11) is 0. The third-order valence-electron chi connectivity index (χ3n) is 3.77. The number of rotatable bonds is 5. The number of benzene rings is 2. The minimum atomic E-state index is 0.783. The molecule has 0 saturated heterocycles. The summed E-state index contributed by atoms with van der Waals surface area (Å²) in [6.07, 6.45) is 2.81. The van der Waals surface area contributed by atoms with Gasteiger partial charge >= 0.3 is 0 Å². The maximum Gasteiger partial charge on any atom is 0.204 e. The van der Waals surface area contributed by atoms with E-state index in [0.717, 1.165) is 45.2 Å². The zero-order valence-electron chi connectivity index (χ0n) is 13.3. The smallest absolute Gasteiger partial charge is 0.204 e. The Kier molecular flexibility index (Phi) is 3.96. The summed E-state index contributed by atoms with van der Waals surface area (Å²) in [5, 5.41) is 5.12. The van der Waals surface area contributed by atoms with Crippen LogP contribution in [0, 0.1) is 0 Å². The highest BCUT2D eigenvalue weighted by molar-refractivity contribution is 7.22. The number of imidazole rings is 1. The summed E-state index contributed by atoms with van der Waals surface area (Å²) in [6.45, 7) is 3.08. The highest BCUT2D eigenvalue weighted by atomic mass is 32.1. The highest BCUT2D eigenvalue weighted by Gasteiger charge is 2.07. The fourth-order valence-electron chi connectivity index (χ4n) is 2.72. The molecule has 0 saturated carbocycles. The molecule has 4 rings (SSSR count). The molecule has 120 valence electrons. The molecule has 2 aromatic heterocycles. The molecule has 2 aromatic carbocycles. The van der Waals surface area contributed by atoms with Gasteiger partial charge in [-0.25, -0.2) is 9.97 Å². The lowest BCUT2D eigenvalue weighted by atomic mass is 10.3. The third kappa shape index (κ3) is 2.76. The van der Waals surface area contributed by atoms with Crippen molar-refractivity contribution in [3.63, 3.8) is 0 Å². The molecule has 0 atom stereocenters.